The first-order chi connectivity index (χ1) is 9.48. The number of aliphatic hydroxyl groups excluding tert-OH is 1. The van der Waals surface area contributed by atoms with E-state index in [0.717, 1.165) is 32.1 Å². The standard InChI is InChI=1S/C11H19BrN4O3S/c1-15-11(10(12)13-14-15)20(18,19)16(7-8-17)9-5-3-2-4-6-9/h9,17H,2-8H2,1H3. The lowest BCUT2D eigenvalue weighted by atomic mass is 9.95. The van der Waals surface area contributed by atoms with E-state index >= 15 is 0 Å². The van der Waals surface area contributed by atoms with Gasteiger partial charge >= 0.3 is 0 Å². The number of aromatic nitrogens is 3. The van der Waals surface area contributed by atoms with Crippen LogP contribution in [0.2, 0.25) is 0 Å². The van der Waals surface area contributed by atoms with Gasteiger partial charge in [0.25, 0.3) is 10.0 Å². The lowest BCUT2D eigenvalue weighted by molar-refractivity contribution is 0.198. The molecule has 0 atom stereocenters. The first-order valence-corrected chi connectivity index (χ1v) is 8.89. The maximum Gasteiger partial charge on any atom is 0.263 e. The minimum Gasteiger partial charge on any atom is -0.395 e. The summed E-state index contributed by atoms with van der Waals surface area (Å²) in [4.78, 5) is 0. The molecule has 20 heavy (non-hydrogen) atoms. The van der Waals surface area contributed by atoms with Crippen LogP contribution in [0, 0.1) is 0 Å². The molecule has 0 saturated heterocycles. The molecule has 1 saturated carbocycles. The molecule has 1 aliphatic carbocycles. The van der Waals surface area contributed by atoms with Crippen LogP contribution in [0.15, 0.2) is 9.63 Å². The van der Waals surface area contributed by atoms with Gasteiger partial charge in [0, 0.05) is 19.6 Å². The number of nitrogens with zero attached hydrogens (tertiary/aromatic N) is 4. The third-order valence-corrected chi connectivity index (χ3v) is 6.43. The van der Waals surface area contributed by atoms with Crippen LogP contribution >= 0.6 is 15.9 Å². The summed E-state index contributed by atoms with van der Waals surface area (Å²) in [5.74, 6) is 0. The average molecular weight is 367 g/mol. The fraction of sp³-hybridized carbons (Fsp3) is 0.818. The fourth-order valence-corrected chi connectivity index (χ4v) is 5.39. The van der Waals surface area contributed by atoms with Crippen molar-refractivity contribution in [3.63, 3.8) is 0 Å². The van der Waals surface area contributed by atoms with Crippen LogP contribution in [-0.2, 0) is 17.1 Å². The zero-order chi connectivity index (χ0) is 14.8. The number of hydrogen-bond donors (Lipinski definition) is 1. The lowest BCUT2D eigenvalue weighted by Crippen LogP contribution is -2.43. The van der Waals surface area contributed by atoms with Crippen molar-refractivity contribution in [1.82, 2.24) is 19.3 Å². The van der Waals surface area contributed by atoms with Gasteiger partial charge in [0.2, 0.25) is 5.03 Å². The van der Waals surface area contributed by atoms with E-state index in [1.165, 1.54) is 8.99 Å². The Morgan fingerprint density at radius 1 is 1.40 bits per heavy atom. The molecule has 0 spiro atoms. The SMILES string of the molecule is Cn1nnc(Br)c1S(=O)(=O)N(CCO)C1CCCCC1. The van der Waals surface area contributed by atoms with Gasteiger partial charge in [-0.05, 0) is 28.8 Å². The summed E-state index contributed by atoms with van der Waals surface area (Å²) >= 11 is 3.13. The van der Waals surface area contributed by atoms with E-state index in [4.69, 9.17) is 0 Å². The highest BCUT2D eigenvalue weighted by atomic mass is 79.9. The normalized spacial score (nSPS) is 17.8. The Morgan fingerprint density at radius 2 is 2.05 bits per heavy atom. The van der Waals surface area contributed by atoms with E-state index in [2.05, 4.69) is 26.2 Å². The molecule has 1 heterocycles. The second-order valence-electron chi connectivity index (χ2n) is 4.94. The van der Waals surface area contributed by atoms with Crippen LogP contribution in [0.5, 0.6) is 0 Å². The van der Waals surface area contributed by atoms with Crippen molar-refractivity contribution in [3.8, 4) is 0 Å². The molecular formula is C11H19BrN4O3S. The Bertz CT molecular complexity index is 535. The van der Waals surface area contributed by atoms with Gasteiger partial charge in [-0.15, -0.1) is 5.10 Å². The third-order valence-electron chi connectivity index (χ3n) is 3.59. The van der Waals surface area contributed by atoms with Crippen LogP contribution in [0.3, 0.4) is 0 Å². The van der Waals surface area contributed by atoms with Gasteiger partial charge in [0.05, 0.1) is 6.61 Å². The maximum atomic E-state index is 12.8. The van der Waals surface area contributed by atoms with Crippen LogP contribution in [-0.4, -0.2) is 52.0 Å². The fourth-order valence-electron chi connectivity index (χ4n) is 2.67. The molecule has 1 aromatic heterocycles. The number of halogens is 1. The number of hydrogen-bond acceptors (Lipinski definition) is 5. The van der Waals surface area contributed by atoms with E-state index in [-0.39, 0.29) is 28.8 Å². The van der Waals surface area contributed by atoms with Crippen molar-refractivity contribution in [1.29, 1.82) is 0 Å². The molecule has 0 aromatic carbocycles. The largest absolute Gasteiger partial charge is 0.395 e. The molecule has 0 aliphatic heterocycles. The molecule has 1 aromatic rings. The number of rotatable bonds is 5. The molecule has 1 fully saturated rings. The lowest BCUT2D eigenvalue weighted by Gasteiger charge is -2.32. The van der Waals surface area contributed by atoms with E-state index in [9.17, 15) is 13.5 Å². The highest BCUT2D eigenvalue weighted by Gasteiger charge is 2.35. The van der Waals surface area contributed by atoms with E-state index in [0.29, 0.717) is 0 Å². The van der Waals surface area contributed by atoms with E-state index in [1.807, 2.05) is 0 Å². The number of aryl methyl sites for hydroxylation is 1. The topological polar surface area (TPSA) is 88.3 Å². The molecule has 9 heteroatoms. The second kappa shape index (κ2) is 6.50. The molecule has 1 N–H and O–H groups in total. The van der Waals surface area contributed by atoms with Gasteiger partial charge in [-0.25, -0.2) is 13.1 Å². The molecule has 0 bridgehead atoms. The second-order valence-corrected chi connectivity index (χ2v) is 7.50. The monoisotopic (exact) mass is 366 g/mol. The summed E-state index contributed by atoms with van der Waals surface area (Å²) in [7, 11) is -2.17. The number of sulfonamides is 1. The van der Waals surface area contributed by atoms with Crippen LogP contribution < -0.4 is 0 Å². The van der Waals surface area contributed by atoms with Gasteiger partial charge in [-0.1, -0.05) is 24.5 Å². The Morgan fingerprint density at radius 3 is 2.55 bits per heavy atom. The van der Waals surface area contributed by atoms with Crippen molar-refractivity contribution in [3.05, 3.63) is 4.60 Å². The van der Waals surface area contributed by atoms with E-state index < -0.39 is 10.0 Å². The van der Waals surface area contributed by atoms with Gasteiger partial charge < -0.3 is 5.11 Å². The van der Waals surface area contributed by atoms with Crippen molar-refractivity contribution in [2.75, 3.05) is 13.2 Å². The molecule has 2 rings (SSSR count). The summed E-state index contributed by atoms with van der Waals surface area (Å²) in [5, 5.41) is 16.7. The zero-order valence-corrected chi connectivity index (χ0v) is 13.8. The maximum absolute atomic E-state index is 12.8. The van der Waals surface area contributed by atoms with Crippen molar-refractivity contribution in [2.24, 2.45) is 7.05 Å². The van der Waals surface area contributed by atoms with Gasteiger partial charge in [-0.2, -0.15) is 4.31 Å². The Kier molecular flexibility index (Phi) is 5.16. The summed E-state index contributed by atoms with van der Waals surface area (Å²) in [5.41, 5.74) is 0. The van der Waals surface area contributed by atoms with Crippen molar-refractivity contribution < 1.29 is 13.5 Å². The molecule has 0 amide bonds. The summed E-state index contributed by atoms with van der Waals surface area (Å²) in [6.07, 6.45) is 4.85. The Labute approximate surface area is 127 Å². The van der Waals surface area contributed by atoms with Crippen LogP contribution in [0.4, 0.5) is 0 Å². The van der Waals surface area contributed by atoms with Crippen LogP contribution in [0.25, 0.3) is 0 Å². The molecule has 114 valence electrons. The van der Waals surface area contributed by atoms with Crippen LogP contribution in [0.1, 0.15) is 32.1 Å². The zero-order valence-electron chi connectivity index (χ0n) is 11.4. The Balaban J connectivity index is 2.36. The smallest absolute Gasteiger partial charge is 0.263 e. The first-order valence-electron chi connectivity index (χ1n) is 6.66. The van der Waals surface area contributed by atoms with E-state index in [1.54, 1.807) is 7.05 Å². The van der Waals surface area contributed by atoms with Gasteiger partial charge in [0.15, 0.2) is 4.60 Å². The third kappa shape index (κ3) is 3.05. The highest BCUT2D eigenvalue weighted by molar-refractivity contribution is 9.10. The molecule has 0 radical (unpaired) electrons. The molecular weight excluding hydrogens is 348 g/mol. The average Bonchev–Trinajstić information content (AvgIpc) is 2.77. The Hall–Kier alpha value is -0.510. The molecule has 1 aliphatic rings. The summed E-state index contributed by atoms with van der Waals surface area (Å²) in [6.45, 7) is -0.0940. The highest BCUT2D eigenvalue weighted by Crippen LogP contribution is 2.29. The molecule has 0 unspecified atom stereocenters. The quantitative estimate of drug-likeness (QED) is 0.835. The summed E-state index contributed by atoms with van der Waals surface area (Å²) < 4.78 is 28.5. The predicted molar refractivity (Wildman–Crippen MR) is 76.6 cm³/mol. The van der Waals surface area contributed by atoms with Crippen molar-refractivity contribution in [2.45, 2.75) is 43.2 Å². The minimum atomic E-state index is -3.72. The van der Waals surface area contributed by atoms with Gasteiger partial charge in [0.1, 0.15) is 0 Å². The summed E-state index contributed by atoms with van der Waals surface area (Å²) in [6, 6.07) is -0.0531. The van der Waals surface area contributed by atoms with Gasteiger partial charge in [-0.3, -0.25) is 0 Å². The molecule has 7 nitrogen and oxygen atoms in total. The number of aliphatic hydroxyl groups is 1. The first kappa shape index (κ1) is 15.9. The minimum absolute atomic E-state index is 0.0384. The van der Waals surface area contributed by atoms with Crippen molar-refractivity contribution >= 4 is 26.0 Å². The predicted octanol–water partition coefficient (Wildman–Crippen LogP) is 0.893.